The second-order valence-electron chi connectivity index (χ2n) is 7.21. The van der Waals surface area contributed by atoms with Gasteiger partial charge in [-0.25, -0.2) is 12.7 Å². The van der Waals surface area contributed by atoms with E-state index in [-0.39, 0.29) is 0 Å². The van der Waals surface area contributed by atoms with Crippen molar-refractivity contribution in [1.82, 2.24) is 9.62 Å². The predicted molar refractivity (Wildman–Crippen MR) is 87.7 cm³/mol. The second-order valence-corrected chi connectivity index (χ2v) is 9.19. The number of nitrogens with zero attached hydrogens (tertiary/aromatic N) is 1. The van der Waals surface area contributed by atoms with Gasteiger partial charge < -0.3 is 5.32 Å². The maximum atomic E-state index is 11.8. The lowest BCUT2D eigenvalue weighted by molar-refractivity contribution is 0.214. The summed E-state index contributed by atoms with van der Waals surface area (Å²) in [4.78, 5) is 0. The third-order valence-electron chi connectivity index (χ3n) is 5.31. The Kier molecular flexibility index (Phi) is 6.09. The van der Waals surface area contributed by atoms with Crippen molar-refractivity contribution in [1.29, 1.82) is 0 Å². The molecule has 0 amide bonds. The molecule has 4 nitrogen and oxygen atoms in total. The lowest BCUT2D eigenvalue weighted by Gasteiger charge is -2.35. The van der Waals surface area contributed by atoms with Crippen molar-refractivity contribution in [3.63, 3.8) is 0 Å². The summed E-state index contributed by atoms with van der Waals surface area (Å²) < 4.78 is 25.2. The van der Waals surface area contributed by atoms with E-state index in [1.165, 1.54) is 31.9 Å². The Hall–Kier alpha value is -0.130. The van der Waals surface area contributed by atoms with Crippen molar-refractivity contribution in [2.24, 2.45) is 17.8 Å². The minimum absolute atomic E-state index is 0.522. The van der Waals surface area contributed by atoms with Gasteiger partial charge in [-0.2, -0.15) is 0 Å². The Balaban J connectivity index is 1.93. The normalized spacial score (nSPS) is 33.2. The molecule has 1 saturated heterocycles. The summed E-state index contributed by atoms with van der Waals surface area (Å²) in [5, 5.41) is 3.68. The first-order valence-electron chi connectivity index (χ1n) is 8.58. The Morgan fingerprint density at radius 1 is 1.29 bits per heavy atom. The van der Waals surface area contributed by atoms with Gasteiger partial charge in [0.15, 0.2) is 0 Å². The van der Waals surface area contributed by atoms with E-state index in [2.05, 4.69) is 19.2 Å². The van der Waals surface area contributed by atoms with Crippen LogP contribution in [-0.4, -0.2) is 44.7 Å². The smallest absolute Gasteiger partial charge is 0.211 e. The summed E-state index contributed by atoms with van der Waals surface area (Å²) in [6.45, 7) is 6.98. The van der Waals surface area contributed by atoms with Crippen LogP contribution in [0.15, 0.2) is 0 Å². The Bertz CT molecular complexity index is 424. The van der Waals surface area contributed by atoms with E-state index in [9.17, 15) is 8.42 Å². The molecule has 4 unspecified atom stereocenters. The molecule has 2 rings (SSSR count). The van der Waals surface area contributed by atoms with Crippen molar-refractivity contribution in [2.75, 3.05) is 25.9 Å². The van der Waals surface area contributed by atoms with Crippen LogP contribution in [0.1, 0.15) is 52.4 Å². The number of nitrogens with one attached hydrogen (secondary N) is 1. The zero-order valence-corrected chi connectivity index (χ0v) is 14.7. The molecule has 0 spiro atoms. The molecule has 0 radical (unpaired) electrons. The van der Waals surface area contributed by atoms with Crippen LogP contribution in [0.2, 0.25) is 0 Å². The fraction of sp³-hybridized carbons (Fsp3) is 1.00. The molecule has 5 heteroatoms. The van der Waals surface area contributed by atoms with Gasteiger partial charge in [-0.3, -0.25) is 0 Å². The van der Waals surface area contributed by atoms with Crippen molar-refractivity contribution in [2.45, 2.75) is 58.4 Å². The third-order valence-corrected chi connectivity index (χ3v) is 6.58. The van der Waals surface area contributed by atoms with Crippen LogP contribution in [0, 0.1) is 17.8 Å². The third kappa shape index (κ3) is 4.93. The van der Waals surface area contributed by atoms with Gasteiger partial charge in [-0.05, 0) is 56.4 Å². The molecule has 0 bridgehead atoms. The van der Waals surface area contributed by atoms with Crippen LogP contribution in [0.25, 0.3) is 0 Å². The number of rotatable bonds is 6. The molecule has 1 aliphatic heterocycles. The molecule has 124 valence electrons. The number of piperidine rings is 1. The molecule has 21 heavy (non-hydrogen) atoms. The highest BCUT2D eigenvalue weighted by atomic mass is 32.2. The average Bonchev–Trinajstić information content (AvgIpc) is 2.84. The van der Waals surface area contributed by atoms with Crippen LogP contribution in [0.3, 0.4) is 0 Å². The average molecular weight is 317 g/mol. The number of sulfonamides is 1. The first-order valence-corrected chi connectivity index (χ1v) is 10.4. The van der Waals surface area contributed by atoms with Crippen LogP contribution in [-0.2, 0) is 10.0 Å². The van der Waals surface area contributed by atoms with Gasteiger partial charge in [-0.1, -0.05) is 20.3 Å². The molecule has 0 aromatic rings. The summed E-state index contributed by atoms with van der Waals surface area (Å²) in [5.41, 5.74) is 0. The van der Waals surface area contributed by atoms with E-state index in [0.717, 1.165) is 37.8 Å². The second kappa shape index (κ2) is 7.42. The standard InChI is InChI=1S/C16H32N2O2S/c1-4-17-16(15-8-7-13(2)10-15)11-14-6-5-9-18(12-14)21(3,19)20/h13-17H,4-12H2,1-3H3. The summed E-state index contributed by atoms with van der Waals surface area (Å²) in [7, 11) is -3.02. The summed E-state index contributed by atoms with van der Waals surface area (Å²) in [6.07, 6.45) is 8.69. The van der Waals surface area contributed by atoms with Crippen LogP contribution >= 0.6 is 0 Å². The molecule has 0 aromatic heterocycles. The van der Waals surface area contributed by atoms with E-state index in [4.69, 9.17) is 0 Å². The van der Waals surface area contributed by atoms with Gasteiger partial charge in [-0.15, -0.1) is 0 Å². The Labute approximate surface area is 130 Å². The molecular formula is C16H32N2O2S. The highest BCUT2D eigenvalue weighted by Crippen LogP contribution is 2.35. The van der Waals surface area contributed by atoms with E-state index < -0.39 is 10.0 Å². The lowest BCUT2D eigenvalue weighted by Crippen LogP contribution is -2.43. The minimum Gasteiger partial charge on any atom is -0.314 e. The van der Waals surface area contributed by atoms with Crippen LogP contribution < -0.4 is 5.32 Å². The highest BCUT2D eigenvalue weighted by molar-refractivity contribution is 7.88. The molecule has 4 atom stereocenters. The van der Waals surface area contributed by atoms with Gasteiger partial charge in [0, 0.05) is 19.1 Å². The van der Waals surface area contributed by atoms with Gasteiger partial charge >= 0.3 is 0 Å². The molecule has 2 aliphatic rings. The van der Waals surface area contributed by atoms with Crippen LogP contribution in [0.4, 0.5) is 0 Å². The molecule has 1 N–H and O–H groups in total. The van der Waals surface area contributed by atoms with E-state index in [1.54, 1.807) is 4.31 Å². The van der Waals surface area contributed by atoms with Gasteiger partial charge in [0.2, 0.25) is 10.0 Å². The summed E-state index contributed by atoms with van der Waals surface area (Å²) >= 11 is 0. The van der Waals surface area contributed by atoms with Crippen molar-refractivity contribution in [3.05, 3.63) is 0 Å². The van der Waals surface area contributed by atoms with Crippen LogP contribution in [0.5, 0.6) is 0 Å². The maximum absolute atomic E-state index is 11.8. The Morgan fingerprint density at radius 3 is 2.62 bits per heavy atom. The molecule has 1 heterocycles. The Morgan fingerprint density at radius 2 is 2.05 bits per heavy atom. The molecule has 0 aromatic carbocycles. The minimum atomic E-state index is -3.02. The maximum Gasteiger partial charge on any atom is 0.211 e. The van der Waals surface area contributed by atoms with Crippen molar-refractivity contribution in [3.8, 4) is 0 Å². The monoisotopic (exact) mass is 316 g/mol. The van der Waals surface area contributed by atoms with Crippen molar-refractivity contribution < 1.29 is 8.42 Å². The topological polar surface area (TPSA) is 49.4 Å². The zero-order chi connectivity index (χ0) is 15.5. The van der Waals surface area contributed by atoms with E-state index >= 15 is 0 Å². The van der Waals surface area contributed by atoms with E-state index in [0.29, 0.717) is 18.5 Å². The van der Waals surface area contributed by atoms with Crippen molar-refractivity contribution >= 4 is 10.0 Å². The fourth-order valence-electron chi connectivity index (χ4n) is 4.20. The lowest BCUT2D eigenvalue weighted by atomic mass is 9.85. The largest absolute Gasteiger partial charge is 0.314 e. The highest BCUT2D eigenvalue weighted by Gasteiger charge is 2.32. The van der Waals surface area contributed by atoms with Gasteiger partial charge in [0.1, 0.15) is 0 Å². The van der Waals surface area contributed by atoms with Gasteiger partial charge in [0.25, 0.3) is 0 Å². The quantitative estimate of drug-likeness (QED) is 0.819. The molecule has 2 fully saturated rings. The molecular weight excluding hydrogens is 284 g/mol. The molecule has 1 saturated carbocycles. The molecule has 1 aliphatic carbocycles. The summed E-state index contributed by atoms with van der Waals surface area (Å²) in [6, 6.07) is 0.574. The van der Waals surface area contributed by atoms with Gasteiger partial charge in [0.05, 0.1) is 6.26 Å². The van der Waals surface area contributed by atoms with E-state index in [1.807, 2.05) is 0 Å². The SMILES string of the molecule is CCNC(CC1CCCN(S(C)(=O)=O)C1)C1CCC(C)C1. The summed E-state index contributed by atoms with van der Waals surface area (Å²) in [5.74, 6) is 2.16. The number of hydrogen-bond donors (Lipinski definition) is 1. The predicted octanol–water partition coefficient (Wildman–Crippen LogP) is 2.46. The first kappa shape index (κ1) is 17.2. The fourth-order valence-corrected chi connectivity index (χ4v) is 5.14. The zero-order valence-electron chi connectivity index (χ0n) is 13.8. The number of hydrogen-bond acceptors (Lipinski definition) is 3. The first-order chi connectivity index (χ1) is 9.90.